The van der Waals surface area contributed by atoms with E-state index in [2.05, 4.69) is 11.9 Å². The van der Waals surface area contributed by atoms with Crippen LogP contribution >= 0.6 is 12.2 Å². The van der Waals surface area contributed by atoms with Gasteiger partial charge in [0.25, 0.3) is 11.8 Å². The van der Waals surface area contributed by atoms with Crippen molar-refractivity contribution in [1.29, 1.82) is 0 Å². The molecule has 9 heteroatoms. The molecule has 142 valence electrons. The summed E-state index contributed by atoms with van der Waals surface area (Å²) in [4.78, 5) is 36.6. The second-order valence-electron chi connectivity index (χ2n) is 5.34. The van der Waals surface area contributed by atoms with Gasteiger partial charge in [-0.05, 0) is 42.9 Å². The van der Waals surface area contributed by atoms with Gasteiger partial charge < -0.3 is 14.6 Å². The highest BCUT2D eigenvalue weighted by Crippen LogP contribution is 2.29. The maximum Gasteiger partial charge on any atom is 0.341 e. The number of benzene rings is 1. The number of hydrogen-bond donors (Lipinski definition) is 2. The first kappa shape index (κ1) is 20.1. The van der Waals surface area contributed by atoms with E-state index < -0.39 is 24.4 Å². The van der Waals surface area contributed by atoms with Crippen molar-refractivity contribution in [3.05, 3.63) is 42.0 Å². The molecule has 0 spiro atoms. The Balaban J connectivity index is 2.35. The van der Waals surface area contributed by atoms with Crippen LogP contribution in [-0.2, 0) is 14.4 Å². The molecular weight excluding hydrogens is 372 g/mol. The molecule has 0 bridgehead atoms. The van der Waals surface area contributed by atoms with Gasteiger partial charge in [0, 0.05) is 6.54 Å². The fourth-order valence-corrected chi connectivity index (χ4v) is 2.55. The second kappa shape index (κ2) is 8.95. The minimum absolute atomic E-state index is 0.0227. The van der Waals surface area contributed by atoms with Gasteiger partial charge in [0.1, 0.15) is 5.57 Å². The fraction of sp³-hybridized carbons (Fsp3) is 0.222. The summed E-state index contributed by atoms with van der Waals surface area (Å²) in [5, 5.41) is 11.2. The standard InChI is InChI=1S/C18H18N2O6S/c1-3-7-20-17(24)12(16(23)19-18(20)27)8-11-5-6-13(26-10-15(21)22)14(9-11)25-4-2/h3,5-6,8-9H,1,4,7,10H2,2H3,(H,21,22)(H,19,23,27). The fourth-order valence-electron chi connectivity index (χ4n) is 2.30. The van der Waals surface area contributed by atoms with E-state index in [0.29, 0.717) is 17.9 Å². The van der Waals surface area contributed by atoms with Crippen LogP contribution in [0.3, 0.4) is 0 Å². The molecule has 1 aromatic carbocycles. The van der Waals surface area contributed by atoms with Gasteiger partial charge in [-0.2, -0.15) is 0 Å². The quantitative estimate of drug-likeness (QED) is 0.299. The van der Waals surface area contributed by atoms with Crippen molar-refractivity contribution in [1.82, 2.24) is 10.2 Å². The van der Waals surface area contributed by atoms with Gasteiger partial charge in [0.05, 0.1) is 6.61 Å². The number of ether oxygens (including phenoxy) is 2. The smallest absolute Gasteiger partial charge is 0.341 e. The van der Waals surface area contributed by atoms with Crippen molar-refractivity contribution in [3.63, 3.8) is 0 Å². The third-order valence-electron chi connectivity index (χ3n) is 3.43. The molecule has 2 amide bonds. The Morgan fingerprint density at radius 3 is 2.70 bits per heavy atom. The number of carboxylic acids is 1. The maximum atomic E-state index is 12.5. The summed E-state index contributed by atoms with van der Waals surface area (Å²) < 4.78 is 10.6. The number of thiocarbonyl (C=S) groups is 1. The Labute approximate surface area is 161 Å². The third-order valence-corrected chi connectivity index (χ3v) is 3.75. The summed E-state index contributed by atoms with van der Waals surface area (Å²) >= 11 is 5.00. The molecule has 0 aromatic heterocycles. The monoisotopic (exact) mass is 390 g/mol. The Morgan fingerprint density at radius 1 is 1.33 bits per heavy atom. The van der Waals surface area contributed by atoms with Crippen molar-refractivity contribution in [2.24, 2.45) is 0 Å². The van der Waals surface area contributed by atoms with Crippen LogP contribution in [0, 0.1) is 0 Å². The van der Waals surface area contributed by atoms with Gasteiger partial charge >= 0.3 is 5.97 Å². The Morgan fingerprint density at radius 2 is 2.07 bits per heavy atom. The van der Waals surface area contributed by atoms with Crippen LogP contribution in [0.25, 0.3) is 6.08 Å². The van der Waals surface area contributed by atoms with E-state index >= 15 is 0 Å². The molecule has 1 aliphatic rings. The van der Waals surface area contributed by atoms with Crippen molar-refractivity contribution in [2.75, 3.05) is 19.8 Å². The van der Waals surface area contributed by atoms with E-state index in [4.69, 9.17) is 26.8 Å². The van der Waals surface area contributed by atoms with Crippen molar-refractivity contribution >= 4 is 41.2 Å². The predicted molar refractivity (Wildman–Crippen MR) is 101 cm³/mol. The highest BCUT2D eigenvalue weighted by molar-refractivity contribution is 7.80. The van der Waals surface area contributed by atoms with Crippen molar-refractivity contribution in [3.8, 4) is 11.5 Å². The Hall–Kier alpha value is -3.20. The van der Waals surface area contributed by atoms with Gasteiger partial charge in [-0.1, -0.05) is 12.1 Å². The number of nitrogens with zero attached hydrogens (tertiary/aromatic N) is 1. The molecule has 0 saturated carbocycles. The van der Waals surface area contributed by atoms with E-state index in [1.807, 2.05) is 0 Å². The largest absolute Gasteiger partial charge is 0.490 e. The normalized spacial score (nSPS) is 15.5. The molecule has 1 fully saturated rings. The summed E-state index contributed by atoms with van der Waals surface area (Å²) in [6, 6.07) is 4.65. The van der Waals surface area contributed by atoms with Crippen LogP contribution in [0.4, 0.5) is 0 Å². The van der Waals surface area contributed by atoms with E-state index in [1.54, 1.807) is 19.1 Å². The molecule has 1 aliphatic heterocycles. The number of aliphatic carboxylic acids is 1. The number of carbonyl (C=O) groups excluding carboxylic acids is 2. The molecule has 2 N–H and O–H groups in total. The van der Waals surface area contributed by atoms with Crippen LogP contribution in [0.2, 0.25) is 0 Å². The number of carbonyl (C=O) groups is 3. The second-order valence-corrected chi connectivity index (χ2v) is 5.73. The van der Waals surface area contributed by atoms with Gasteiger partial charge in [0.2, 0.25) is 0 Å². The number of nitrogens with one attached hydrogen (secondary N) is 1. The lowest BCUT2D eigenvalue weighted by Gasteiger charge is -2.27. The SMILES string of the molecule is C=CCN1C(=O)C(=Cc2ccc(OCC(=O)O)c(OCC)c2)C(=O)NC1=S. The Kier molecular flexibility index (Phi) is 6.67. The molecule has 8 nitrogen and oxygen atoms in total. The average Bonchev–Trinajstić information content (AvgIpc) is 2.61. The summed E-state index contributed by atoms with van der Waals surface area (Å²) in [6.45, 7) is 5.30. The van der Waals surface area contributed by atoms with E-state index in [-0.39, 0.29) is 23.0 Å². The molecule has 0 aliphatic carbocycles. The van der Waals surface area contributed by atoms with E-state index in [9.17, 15) is 14.4 Å². The number of carboxylic acid groups (broad SMARTS) is 1. The third kappa shape index (κ3) is 4.91. The molecule has 0 atom stereocenters. The predicted octanol–water partition coefficient (Wildman–Crippen LogP) is 1.36. The minimum Gasteiger partial charge on any atom is -0.490 e. The number of amides is 2. The molecule has 1 aromatic rings. The molecular formula is C18H18N2O6S. The zero-order valence-corrected chi connectivity index (χ0v) is 15.4. The summed E-state index contributed by atoms with van der Waals surface area (Å²) in [5.41, 5.74) is 0.415. The topological polar surface area (TPSA) is 105 Å². The van der Waals surface area contributed by atoms with Gasteiger partial charge in [0.15, 0.2) is 23.2 Å². The zero-order valence-electron chi connectivity index (χ0n) is 14.6. The van der Waals surface area contributed by atoms with Crippen LogP contribution in [0.5, 0.6) is 11.5 Å². The van der Waals surface area contributed by atoms with Crippen LogP contribution in [-0.4, -0.2) is 52.7 Å². The first-order valence-corrected chi connectivity index (χ1v) is 8.39. The Bertz CT molecular complexity index is 833. The molecule has 1 saturated heterocycles. The maximum absolute atomic E-state index is 12.5. The lowest BCUT2D eigenvalue weighted by Crippen LogP contribution is -2.53. The zero-order chi connectivity index (χ0) is 20.0. The van der Waals surface area contributed by atoms with Crippen molar-refractivity contribution in [2.45, 2.75) is 6.92 Å². The molecule has 0 unspecified atom stereocenters. The molecule has 0 radical (unpaired) electrons. The van der Waals surface area contributed by atoms with E-state index in [0.717, 1.165) is 0 Å². The van der Waals surface area contributed by atoms with Gasteiger partial charge in [-0.15, -0.1) is 6.58 Å². The summed E-state index contributed by atoms with van der Waals surface area (Å²) in [6.07, 6.45) is 2.90. The lowest BCUT2D eigenvalue weighted by molar-refractivity contribution is -0.139. The van der Waals surface area contributed by atoms with Crippen LogP contribution in [0.1, 0.15) is 12.5 Å². The van der Waals surface area contributed by atoms with Gasteiger partial charge in [-0.25, -0.2) is 4.79 Å². The van der Waals surface area contributed by atoms with Gasteiger partial charge in [-0.3, -0.25) is 19.8 Å². The molecule has 1 heterocycles. The average molecular weight is 390 g/mol. The van der Waals surface area contributed by atoms with E-state index in [1.165, 1.54) is 23.1 Å². The first-order valence-electron chi connectivity index (χ1n) is 7.98. The summed E-state index contributed by atoms with van der Waals surface area (Å²) in [5.74, 6) is -1.71. The van der Waals surface area contributed by atoms with Crippen LogP contribution < -0.4 is 14.8 Å². The molecule has 27 heavy (non-hydrogen) atoms. The number of rotatable bonds is 8. The highest BCUT2D eigenvalue weighted by atomic mass is 32.1. The first-order chi connectivity index (χ1) is 12.9. The van der Waals surface area contributed by atoms with Crippen molar-refractivity contribution < 1.29 is 29.0 Å². The molecule has 2 rings (SSSR count). The lowest BCUT2D eigenvalue weighted by atomic mass is 10.1. The highest BCUT2D eigenvalue weighted by Gasteiger charge is 2.32. The number of hydrogen-bond acceptors (Lipinski definition) is 6. The van der Waals surface area contributed by atoms with Crippen LogP contribution in [0.15, 0.2) is 36.4 Å². The minimum atomic E-state index is -1.12. The summed E-state index contributed by atoms with van der Waals surface area (Å²) in [7, 11) is 0.